The van der Waals surface area contributed by atoms with E-state index in [2.05, 4.69) is 102 Å². The van der Waals surface area contributed by atoms with E-state index in [1.165, 1.54) is 51.0 Å². The van der Waals surface area contributed by atoms with Crippen LogP contribution in [0.4, 0.5) is 0 Å². The maximum Gasteiger partial charge on any atom is 0.0120 e. The van der Waals surface area contributed by atoms with Gasteiger partial charge >= 0.3 is 0 Å². The van der Waals surface area contributed by atoms with Crippen molar-refractivity contribution in [3.05, 3.63) is 131 Å². The van der Waals surface area contributed by atoms with Crippen LogP contribution in [0.3, 0.4) is 0 Å². The van der Waals surface area contributed by atoms with Crippen LogP contribution in [0.5, 0.6) is 0 Å². The summed E-state index contributed by atoms with van der Waals surface area (Å²) >= 11 is 0. The van der Waals surface area contributed by atoms with E-state index >= 15 is 0 Å². The highest BCUT2D eigenvalue weighted by molar-refractivity contribution is 5.77. The van der Waals surface area contributed by atoms with E-state index in [0.717, 1.165) is 37.7 Å². The molecule has 1 saturated carbocycles. The summed E-state index contributed by atoms with van der Waals surface area (Å²) in [7, 11) is 0. The molecule has 0 amide bonds. The molecule has 0 bridgehead atoms. The quantitative estimate of drug-likeness (QED) is 0.311. The minimum Gasteiger partial charge on any atom is -0.0995 e. The van der Waals surface area contributed by atoms with Gasteiger partial charge in [-0.1, -0.05) is 130 Å². The number of hydrogen-bond acceptors (Lipinski definition) is 0. The zero-order chi connectivity index (χ0) is 27.0. The first-order valence-corrected chi connectivity index (χ1v) is 14.6. The minimum absolute atomic E-state index is 0.415. The summed E-state index contributed by atoms with van der Waals surface area (Å²) in [5, 5.41) is 0. The Morgan fingerprint density at radius 2 is 1.87 bits per heavy atom. The number of fused-ring (bicyclic) bond motifs is 1. The zero-order valence-corrected chi connectivity index (χ0v) is 23.9. The number of rotatable bonds is 8. The molecule has 0 heterocycles. The van der Waals surface area contributed by atoms with Crippen molar-refractivity contribution in [1.29, 1.82) is 0 Å². The summed E-state index contributed by atoms with van der Waals surface area (Å²) in [6.45, 7) is 22.5. The van der Waals surface area contributed by atoms with E-state index in [0.29, 0.717) is 23.7 Å². The van der Waals surface area contributed by atoms with Crippen molar-refractivity contribution in [1.82, 2.24) is 0 Å². The Morgan fingerprint density at radius 3 is 2.55 bits per heavy atom. The van der Waals surface area contributed by atoms with E-state index in [-0.39, 0.29) is 0 Å². The van der Waals surface area contributed by atoms with Crippen LogP contribution in [0, 0.1) is 23.7 Å². The van der Waals surface area contributed by atoms with E-state index < -0.39 is 0 Å². The summed E-state index contributed by atoms with van der Waals surface area (Å²) in [6.07, 6.45) is 23.0. The molecule has 0 nitrogen and oxygen atoms in total. The summed E-state index contributed by atoms with van der Waals surface area (Å²) in [5.41, 5.74) is 15.3. The highest BCUT2D eigenvalue weighted by Crippen LogP contribution is 2.56. The van der Waals surface area contributed by atoms with E-state index in [1.807, 2.05) is 0 Å². The third-order valence-corrected chi connectivity index (χ3v) is 9.22. The Bertz CT molecular complexity index is 1360. The fourth-order valence-corrected chi connectivity index (χ4v) is 7.38. The van der Waals surface area contributed by atoms with Gasteiger partial charge in [0.05, 0.1) is 0 Å². The molecule has 4 aliphatic rings. The van der Waals surface area contributed by atoms with Gasteiger partial charge in [-0.15, -0.1) is 0 Å². The summed E-state index contributed by atoms with van der Waals surface area (Å²) in [6, 6.07) is 6.84. The Labute approximate surface area is 231 Å². The van der Waals surface area contributed by atoms with Crippen molar-refractivity contribution in [2.24, 2.45) is 23.7 Å². The molecule has 0 radical (unpaired) electrons. The van der Waals surface area contributed by atoms with Gasteiger partial charge in [0.1, 0.15) is 0 Å². The second-order valence-electron chi connectivity index (χ2n) is 11.9. The average Bonchev–Trinajstić information content (AvgIpc) is 3.65. The smallest absolute Gasteiger partial charge is 0.0120 e. The summed E-state index contributed by atoms with van der Waals surface area (Å²) in [5.74, 6) is 1.92. The van der Waals surface area contributed by atoms with Gasteiger partial charge in [0, 0.05) is 5.92 Å². The molecule has 1 aromatic rings. The third kappa shape index (κ3) is 4.86. The molecule has 5 rings (SSSR count). The highest BCUT2D eigenvalue weighted by atomic mass is 14.5. The van der Waals surface area contributed by atoms with Gasteiger partial charge in [0.2, 0.25) is 0 Å². The first-order chi connectivity index (χ1) is 18.3. The molecule has 0 saturated heterocycles. The molecular formula is C38H44. The molecule has 196 valence electrons. The van der Waals surface area contributed by atoms with E-state index in [9.17, 15) is 0 Å². The predicted molar refractivity (Wildman–Crippen MR) is 167 cm³/mol. The lowest BCUT2D eigenvalue weighted by atomic mass is 9.62. The molecule has 4 atom stereocenters. The van der Waals surface area contributed by atoms with Crippen molar-refractivity contribution in [3.63, 3.8) is 0 Å². The standard InChI is InChI=1S/C38H44/c1-8-12-25(5)36-26(6)19-34-23-33(27(7)37(34)38(36)30-13-10-11-14-30)21-28-15-16-32(20-28)35-18-17-31(24(3)4)22-29(35)9-2/h10-11,13,15-19,21-22,26,36-38H,3,5,7-9,12,14,20,23H2,1-2,4,6H3/b33-21-. The molecule has 4 aliphatic carbocycles. The lowest BCUT2D eigenvalue weighted by Gasteiger charge is -2.42. The predicted octanol–water partition coefficient (Wildman–Crippen LogP) is 10.5. The molecule has 0 aliphatic heterocycles. The molecule has 1 fully saturated rings. The second kappa shape index (κ2) is 10.9. The van der Waals surface area contributed by atoms with Gasteiger partial charge in [0.25, 0.3) is 0 Å². The van der Waals surface area contributed by atoms with Gasteiger partial charge in [0.15, 0.2) is 0 Å². The van der Waals surface area contributed by atoms with Gasteiger partial charge in [-0.2, -0.15) is 0 Å². The summed E-state index contributed by atoms with van der Waals surface area (Å²) in [4.78, 5) is 0. The van der Waals surface area contributed by atoms with E-state index in [4.69, 9.17) is 6.58 Å². The van der Waals surface area contributed by atoms with Gasteiger partial charge in [-0.05, 0) is 95.8 Å². The number of allylic oxidation sites excluding steroid dienone is 15. The molecule has 0 aromatic heterocycles. The Morgan fingerprint density at radius 1 is 1.05 bits per heavy atom. The normalized spacial score (nSPS) is 27.3. The molecule has 0 N–H and O–H groups in total. The zero-order valence-electron chi connectivity index (χ0n) is 23.9. The molecular weight excluding hydrogens is 456 g/mol. The maximum absolute atomic E-state index is 4.74. The fraction of sp³-hybridized carbons (Fsp3) is 0.368. The first kappa shape index (κ1) is 26.5. The van der Waals surface area contributed by atoms with Crippen LogP contribution >= 0.6 is 0 Å². The highest BCUT2D eigenvalue weighted by Gasteiger charge is 2.45. The minimum atomic E-state index is 0.415. The van der Waals surface area contributed by atoms with Crippen molar-refractivity contribution in [2.45, 2.75) is 66.2 Å². The largest absolute Gasteiger partial charge is 0.0995 e. The van der Waals surface area contributed by atoms with Crippen LogP contribution in [0.1, 0.15) is 76.5 Å². The lowest BCUT2D eigenvalue weighted by Crippen LogP contribution is -2.34. The third-order valence-electron chi connectivity index (χ3n) is 9.22. The SMILES string of the molecule is C=C(C)c1ccc(C2=CC=C(/C=C3/CC4=CC(C)C(C(=C)CCC)C(C5=CC=CC5)C4C3=C)C2)c(CC)c1. The van der Waals surface area contributed by atoms with Crippen LogP contribution in [0.2, 0.25) is 0 Å². The monoisotopic (exact) mass is 500 g/mol. The Kier molecular flexibility index (Phi) is 7.62. The number of benzene rings is 1. The number of hydrogen-bond donors (Lipinski definition) is 0. The molecule has 38 heavy (non-hydrogen) atoms. The number of aryl methyl sites for hydroxylation is 1. The lowest BCUT2D eigenvalue weighted by molar-refractivity contribution is 0.281. The van der Waals surface area contributed by atoms with Gasteiger partial charge < -0.3 is 0 Å². The first-order valence-electron chi connectivity index (χ1n) is 14.6. The molecule has 4 unspecified atom stereocenters. The van der Waals surface area contributed by atoms with Crippen LogP contribution in [0.15, 0.2) is 114 Å². The van der Waals surface area contributed by atoms with Crippen molar-refractivity contribution >= 4 is 11.1 Å². The summed E-state index contributed by atoms with van der Waals surface area (Å²) < 4.78 is 0. The van der Waals surface area contributed by atoms with Crippen LogP contribution < -0.4 is 0 Å². The Hall–Kier alpha value is -3.12. The van der Waals surface area contributed by atoms with Crippen LogP contribution in [0.25, 0.3) is 11.1 Å². The topological polar surface area (TPSA) is 0 Å². The fourth-order valence-electron chi connectivity index (χ4n) is 7.38. The molecule has 0 heteroatoms. The molecule has 0 spiro atoms. The van der Waals surface area contributed by atoms with Crippen molar-refractivity contribution in [2.75, 3.05) is 0 Å². The van der Waals surface area contributed by atoms with Crippen LogP contribution in [-0.4, -0.2) is 0 Å². The molecule has 1 aromatic carbocycles. The van der Waals surface area contributed by atoms with E-state index in [1.54, 1.807) is 11.1 Å². The maximum atomic E-state index is 4.74. The average molecular weight is 501 g/mol. The van der Waals surface area contributed by atoms with Gasteiger partial charge in [-0.3, -0.25) is 0 Å². The second-order valence-corrected chi connectivity index (χ2v) is 11.9. The van der Waals surface area contributed by atoms with Crippen molar-refractivity contribution < 1.29 is 0 Å². The Balaban J connectivity index is 1.39. The van der Waals surface area contributed by atoms with Crippen LogP contribution in [-0.2, 0) is 6.42 Å². The van der Waals surface area contributed by atoms with Gasteiger partial charge in [-0.25, -0.2) is 0 Å². The van der Waals surface area contributed by atoms with Crippen molar-refractivity contribution in [3.8, 4) is 0 Å².